The number of guanidine groups is 1. The van der Waals surface area contributed by atoms with Gasteiger partial charge in [-0.3, -0.25) is 0 Å². The van der Waals surface area contributed by atoms with Crippen molar-refractivity contribution in [3.63, 3.8) is 0 Å². The van der Waals surface area contributed by atoms with E-state index >= 15 is 0 Å². The predicted molar refractivity (Wildman–Crippen MR) is 83.6 cm³/mol. The molecule has 0 aliphatic heterocycles. The number of nitrogens with one attached hydrogen (secondary N) is 2. The number of alkyl halides is 1. The Balaban J connectivity index is 2.26. The van der Waals surface area contributed by atoms with E-state index in [0.29, 0.717) is 5.56 Å². The summed E-state index contributed by atoms with van der Waals surface area (Å²) in [5, 5.41) is 14.6. The second kappa shape index (κ2) is 8.13. The Morgan fingerprint density at radius 3 is 3.09 bits per heavy atom. The first-order valence-electron chi connectivity index (χ1n) is 7.44. The number of halogens is 1. The number of nitriles is 1. The molecule has 6 nitrogen and oxygen atoms in total. The highest BCUT2D eigenvalue weighted by molar-refractivity contribution is 5.91. The zero-order valence-electron chi connectivity index (χ0n) is 12.9. The van der Waals surface area contributed by atoms with Crippen LogP contribution in [-0.4, -0.2) is 32.3 Å². The van der Waals surface area contributed by atoms with Gasteiger partial charge in [-0.25, -0.2) is 9.18 Å². The van der Waals surface area contributed by atoms with Crippen LogP contribution in [0.25, 0.3) is 0 Å². The Bertz CT molecular complexity index is 639. The molecule has 2 rings (SSSR count). The lowest BCUT2D eigenvalue weighted by Gasteiger charge is -2.28. The lowest BCUT2D eigenvalue weighted by atomic mass is 9.85. The highest BCUT2D eigenvalue weighted by atomic mass is 19.1. The first-order chi connectivity index (χ1) is 11.2. The van der Waals surface area contributed by atoms with Crippen LogP contribution in [-0.2, 0) is 11.2 Å². The first kappa shape index (κ1) is 16.7. The Labute approximate surface area is 134 Å². The van der Waals surface area contributed by atoms with Crippen molar-refractivity contribution in [2.75, 3.05) is 20.3 Å². The fourth-order valence-electron chi connectivity index (χ4n) is 2.80. The Morgan fingerprint density at radius 1 is 1.57 bits per heavy atom. The number of ether oxygens (including phenoxy) is 1. The summed E-state index contributed by atoms with van der Waals surface area (Å²) in [6.07, 6.45) is 4.21. The number of fused-ring (bicyclic) bond motifs is 1. The van der Waals surface area contributed by atoms with Crippen molar-refractivity contribution in [1.29, 1.82) is 5.26 Å². The van der Waals surface area contributed by atoms with Crippen LogP contribution >= 0.6 is 0 Å². The van der Waals surface area contributed by atoms with Gasteiger partial charge in [0, 0.05) is 6.54 Å². The standard InChI is InChI=1S/C16H19FN4O2/c1-23-15(22)13-6-2-5-12-11(13)4-3-7-14(12)21-16(20-10-18)19-9-8-17/h2,5-6,14H,3-4,7-9H2,1H3,(H2,19,20,21). The van der Waals surface area contributed by atoms with Gasteiger partial charge in [0.05, 0.1) is 18.7 Å². The number of benzene rings is 1. The molecule has 1 aromatic carbocycles. The molecule has 0 spiro atoms. The number of methoxy groups -OCH3 is 1. The number of hydrogen-bond acceptors (Lipinski definition) is 4. The van der Waals surface area contributed by atoms with E-state index in [9.17, 15) is 9.18 Å². The molecule has 0 saturated heterocycles. The molecule has 0 saturated carbocycles. The van der Waals surface area contributed by atoms with Crippen LogP contribution in [0.2, 0.25) is 0 Å². The van der Waals surface area contributed by atoms with Crippen molar-refractivity contribution < 1.29 is 13.9 Å². The molecule has 1 aliphatic rings. The van der Waals surface area contributed by atoms with Gasteiger partial charge in [-0.1, -0.05) is 12.1 Å². The zero-order chi connectivity index (χ0) is 16.7. The molecular weight excluding hydrogens is 299 g/mol. The maximum atomic E-state index is 12.3. The number of carbonyl (C=O) groups is 1. The average molecular weight is 318 g/mol. The van der Waals surface area contributed by atoms with Gasteiger partial charge in [-0.05, 0) is 36.5 Å². The Morgan fingerprint density at radius 2 is 2.39 bits per heavy atom. The number of carbonyl (C=O) groups excluding carboxylic acids is 1. The topological polar surface area (TPSA) is 86.5 Å². The molecule has 0 bridgehead atoms. The van der Waals surface area contributed by atoms with E-state index in [1.165, 1.54) is 7.11 Å². The third-order valence-corrected chi connectivity index (χ3v) is 3.77. The molecule has 0 amide bonds. The zero-order valence-corrected chi connectivity index (χ0v) is 12.9. The molecule has 1 atom stereocenters. The second-order valence-electron chi connectivity index (χ2n) is 5.13. The minimum absolute atomic E-state index is 0.0787. The molecule has 23 heavy (non-hydrogen) atoms. The SMILES string of the molecule is COC(=O)c1cccc2c1CCCC2N/C(=N\C#N)NCCF. The molecule has 122 valence electrons. The summed E-state index contributed by atoms with van der Waals surface area (Å²) in [7, 11) is 1.36. The average Bonchev–Trinajstić information content (AvgIpc) is 2.59. The molecular formula is C16H19FN4O2. The van der Waals surface area contributed by atoms with Crippen molar-refractivity contribution in [1.82, 2.24) is 10.6 Å². The second-order valence-corrected chi connectivity index (χ2v) is 5.13. The van der Waals surface area contributed by atoms with E-state index in [-0.39, 0.29) is 24.5 Å². The summed E-state index contributed by atoms with van der Waals surface area (Å²) in [4.78, 5) is 15.5. The molecule has 0 radical (unpaired) electrons. The van der Waals surface area contributed by atoms with Gasteiger partial charge in [0.2, 0.25) is 12.2 Å². The van der Waals surface area contributed by atoms with E-state index in [4.69, 9.17) is 10.00 Å². The normalized spacial score (nSPS) is 16.9. The highest BCUT2D eigenvalue weighted by Crippen LogP contribution is 2.32. The summed E-state index contributed by atoms with van der Waals surface area (Å²) in [5.74, 6) is -0.115. The summed E-state index contributed by atoms with van der Waals surface area (Å²) < 4.78 is 17.1. The van der Waals surface area contributed by atoms with E-state index in [1.54, 1.807) is 18.3 Å². The number of hydrogen-bond donors (Lipinski definition) is 2. The van der Waals surface area contributed by atoms with Gasteiger partial charge in [0.25, 0.3) is 0 Å². The van der Waals surface area contributed by atoms with Crippen LogP contribution < -0.4 is 10.6 Å². The molecule has 1 aromatic rings. The summed E-state index contributed by atoms with van der Waals surface area (Å²) in [6.45, 7) is -0.477. The van der Waals surface area contributed by atoms with Crippen molar-refractivity contribution in [3.8, 4) is 6.19 Å². The van der Waals surface area contributed by atoms with Crippen molar-refractivity contribution in [2.24, 2.45) is 4.99 Å². The lowest BCUT2D eigenvalue weighted by Crippen LogP contribution is -2.41. The quantitative estimate of drug-likeness (QED) is 0.383. The minimum atomic E-state index is -0.556. The maximum Gasteiger partial charge on any atom is 0.338 e. The lowest BCUT2D eigenvalue weighted by molar-refractivity contribution is 0.0599. The third-order valence-electron chi connectivity index (χ3n) is 3.77. The minimum Gasteiger partial charge on any atom is -0.465 e. The Kier molecular flexibility index (Phi) is 5.92. The van der Waals surface area contributed by atoms with Crippen molar-refractivity contribution >= 4 is 11.9 Å². The molecule has 2 N–H and O–H groups in total. The van der Waals surface area contributed by atoms with Gasteiger partial charge < -0.3 is 15.4 Å². The molecule has 1 unspecified atom stereocenters. The van der Waals surface area contributed by atoms with Crippen LogP contribution in [0, 0.1) is 11.5 Å². The molecule has 0 heterocycles. The van der Waals surface area contributed by atoms with E-state index in [1.807, 2.05) is 6.07 Å². The number of aliphatic imine (C=N–C) groups is 1. The van der Waals surface area contributed by atoms with Crippen LogP contribution in [0.5, 0.6) is 0 Å². The summed E-state index contributed by atoms with van der Waals surface area (Å²) in [6, 6.07) is 5.40. The number of rotatable bonds is 4. The summed E-state index contributed by atoms with van der Waals surface area (Å²) >= 11 is 0. The fraction of sp³-hybridized carbons (Fsp3) is 0.438. The van der Waals surface area contributed by atoms with Gasteiger partial charge in [0.15, 0.2) is 0 Å². The van der Waals surface area contributed by atoms with Crippen LogP contribution in [0.15, 0.2) is 23.2 Å². The largest absolute Gasteiger partial charge is 0.465 e. The van der Waals surface area contributed by atoms with E-state index in [0.717, 1.165) is 30.4 Å². The molecule has 0 fully saturated rings. The monoisotopic (exact) mass is 318 g/mol. The van der Waals surface area contributed by atoms with Gasteiger partial charge in [-0.2, -0.15) is 5.26 Å². The van der Waals surface area contributed by atoms with Gasteiger partial charge in [0.1, 0.15) is 6.67 Å². The first-order valence-corrected chi connectivity index (χ1v) is 7.44. The Hall–Kier alpha value is -2.62. The van der Waals surface area contributed by atoms with Gasteiger partial charge in [-0.15, -0.1) is 4.99 Å². The fourth-order valence-corrected chi connectivity index (χ4v) is 2.80. The summed E-state index contributed by atoms with van der Waals surface area (Å²) in [5.41, 5.74) is 2.49. The van der Waals surface area contributed by atoms with Crippen molar-refractivity contribution in [2.45, 2.75) is 25.3 Å². The maximum absolute atomic E-state index is 12.3. The van der Waals surface area contributed by atoms with Crippen LogP contribution in [0.3, 0.4) is 0 Å². The predicted octanol–water partition coefficient (Wildman–Crippen LogP) is 1.84. The van der Waals surface area contributed by atoms with Crippen LogP contribution in [0.1, 0.15) is 40.4 Å². The number of esters is 1. The molecule has 7 heteroatoms. The van der Waals surface area contributed by atoms with E-state index < -0.39 is 6.67 Å². The highest BCUT2D eigenvalue weighted by Gasteiger charge is 2.25. The van der Waals surface area contributed by atoms with Crippen molar-refractivity contribution in [3.05, 3.63) is 34.9 Å². The van der Waals surface area contributed by atoms with E-state index in [2.05, 4.69) is 15.6 Å². The number of nitrogens with zero attached hydrogens (tertiary/aromatic N) is 2. The van der Waals surface area contributed by atoms with Gasteiger partial charge >= 0.3 is 5.97 Å². The van der Waals surface area contributed by atoms with Crippen LogP contribution in [0.4, 0.5) is 4.39 Å². The molecule has 1 aliphatic carbocycles. The molecule has 0 aromatic heterocycles. The smallest absolute Gasteiger partial charge is 0.338 e. The third kappa shape index (κ3) is 3.97.